The van der Waals surface area contributed by atoms with Crippen LogP contribution < -0.4 is 14.2 Å². The third-order valence-corrected chi connectivity index (χ3v) is 4.15. The van der Waals surface area contributed by atoms with Crippen molar-refractivity contribution in [3.05, 3.63) is 18.2 Å². The summed E-state index contributed by atoms with van der Waals surface area (Å²) in [5.41, 5.74) is 0.391. The lowest BCUT2D eigenvalue weighted by Gasteiger charge is -2.14. The first-order chi connectivity index (χ1) is 8.90. The van der Waals surface area contributed by atoms with Crippen molar-refractivity contribution >= 4 is 15.7 Å². The van der Waals surface area contributed by atoms with Crippen LogP contribution in [0.4, 0.5) is 5.69 Å². The Balaban J connectivity index is 2.98. The van der Waals surface area contributed by atoms with Crippen LogP contribution in [-0.2, 0) is 10.0 Å². The highest BCUT2D eigenvalue weighted by molar-refractivity contribution is 7.93. The van der Waals surface area contributed by atoms with Gasteiger partial charge in [-0.3, -0.25) is 4.72 Å². The molecule has 0 radical (unpaired) electrons. The largest absolute Gasteiger partial charge is 0.493 e. The number of nitrogens with one attached hydrogen (secondary N) is 1. The lowest BCUT2D eigenvalue weighted by molar-refractivity contribution is 0.196. The van der Waals surface area contributed by atoms with E-state index in [0.29, 0.717) is 17.2 Å². The Morgan fingerprint density at radius 2 is 2.00 bits per heavy atom. The number of hydrogen-bond acceptors (Lipinski definition) is 5. The number of anilines is 1. The SMILES string of the molecule is COc1ccc(NS(=O)(=O)C(C)C)cc1OCCO. The van der Waals surface area contributed by atoms with E-state index < -0.39 is 15.3 Å². The number of aliphatic hydroxyl groups is 1. The Morgan fingerprint density at radius 3 is 2.53 bits per heavy atom. The quantitative estimate of drug-likeness (QED) is 0.788. The molecule has 19 heavy (non-hydrogen) atoms. The third kappa shape index (κ3) is 4.29. The van der Waals surface area contributed by atoms with E-state index in [0.717, 1.165) is 0 Å². The van der Waals surface area contributed by atoms with E-state index in [1.165, 1.54) is 13.2 Å². The Bertz CT molecular complexity index is 513. The van der Waals surface area contributed by atoms with E-state index >= 15 is 0 Å². The molecule has 0 heterocycles. The topological polar surface area (TPSA) is 84.9 Å². The van der Waals surface area contributed by atoms with E-state index in [1.807, 2.05) is 0 Å². The maximum absolute atomic E-state index is 11.8. The van der Waals surface area contributed by atoms with Crippen molar-refractivity contribution in [2.24, 2.45) is 0 Å². The first-order valence-corrected chi connectivity index (χ1v) is 7.38. The number of hydrogen-bond donors (Lipinski definition) is 2. The number of ether oxygens (including phenoxy) is 2. The fraction of sp³-hybridized carbons (Fsp3) is 0.500. The van der Waals surface area contributed by atoms with Crippen LogP contribution in [0.1, 0.15) is 13.8 Å². The van der Waals surface area contributed by atoms with Crippen LogP contribution >= 0.6 is 0 Å². The van der Waals surface area contributed by atoms with Crippen LogP contribution in [0.15, 0.2) is 18.2 Å². The predicted molar refractivity (Wildman–Crippen MR) is 73.3 cm³/mol. The van der Waals surface area contributed by atoms with Crippen molar-refractivity contribution in [3.63, 3.8) is 0 Å². The third-order valence-electron chi connectivity index (χ3n) is 2.39. The highest BCUT2D eigenvalue weighted by Gasteiger charge is 2.16. The monoisotopic (exact) mass is 289 g/mol. The minimum atomic E-state index is -3.40. The molecular weight excluding hydrogens is 270 g/mol. The van der Waals surface area contributed by atoms with Gasteiger partial charge in [-0.15, -0.1) is 0 Å². The average molecular weight is 289 g/mol. The van der Waals surface area contributed by atoms with Crippen LogP contribution in [0.5, 0.6) is 11.5 Å². The van der Waals surface area contributed by atoms with Crippen molar-refractivity contribution in [1.29, 1.82) is 0 Å². The molecule has 0 aromatic heterocycles. The van der Waals surface area contributed by atoms with Gasteiger partial charge in [-0.25, -0.2) is 8.42 Å². The van der Waals surface area contributed by atoms with Gasteiger partial charge < -0.3 is 14.6 Å². The van der Waals surface area contributed by atoms with Gasteiger partial charge in [0.05, 0.1) is 24.7 Å². The Labute approximate surface area is 113 Å². The van der Waals surface area contributed by atoms with Crippen molar-refractivity contribution in [2.75, 3.05) is 25.0 Å². The first-order valence-electron chi connectivity index (χ1n) is 5.84. The van der Waals surface area contributed by atoms with Gasteiger partial charge >= 0.3 is 0 Å². The number of aliphatic hydroxyl groups excluding tert-OH is 1. The summed E-state index contributed by atoms with van der Waals surface area (Å²) in [6, 6.07) is 4.71. The van der Waals surface area contributed by atoms with Crippen molar-refractivity contribution in [1.82, 2.24) is 0 Å². The minimum Gasteiger partial charge on any atom is -0.493 e. The molecule has 0 aliphatic rings. The average Bonchev–Trinajstić information content (AvgIpc) is 2.36. The van der Waals surface area contributed by atoms with Crippen LogP contribution in [0.3, 0.4) is 0 Å². The molecule has 1 aromatic rings. The maximum atomic E-state index is 11.8. The van der Waals surface area contributed by atoms with Crippen LogP contribution in [0.2, 0.25) is 0 Å². The molecular formula is C12H19NO5S. The van der Waals surface area contributed by atoms with Gasteiger partial charge in [0.25, 0.3) is 0 Å². The van der Waals surface area contributed by atoms with Crippen LogP contribution in [0.25, 0.3) is 0 Å². The second-order valence-corrected chi connectivity index (χ2v) is 6.37. The molecule has 1 aromatic carbocycles. The number of rotatable bonds is 7. The highest BCUT2D eigenvalue weighted by atomic mass is 32.2. The summed E-state index contributed by atoms with van der Waals surface area (Å²) in [4.78, 5) is 0. The summed E-state index contributed by atoms with van der Waals surface area (Å²) in [6.07, 6.45) is 0. The van der Waals surface area contributed by atoms with E-state index in [1.54, 1.807) is 26.0 Å². The Hall–Kier alpha value is -1.47. The zero-order chi connectivity index (χ0) is 14.5. The minimum absolute atomic E-state index is 0.108. The summed E-state index contributed by atoms with van der Waals surface area (Å²) in [5, 5.41) is 8.21. The first kappa shape index (κ1) is 15.6. The van der Waals surface area contributed by atoms with Gasteiger partial charge in [-0.05, 0) is 26.0 Å². The molecule has 0 unspecified atom stereocenters. The summed E-state index contributed by atoms with van der Waals surface area (Å²) in [5.74, 6) is 0.849. The highest BCUT2D eigenvalue weighted by Crippen LogP contribution is 2.30. The molecule has 0 saturated carbocycles. The molecule has 7 heteroatoms. The van der Waals surface area contributed by atoms with E-state index in [2.05, 4.69) is 4.72 Å². The fourth-order valence-electron chi connectivity index (χ4n) is 1.29. The van der Waals surface area contributed by atoms with Crippen LogP contribution in [0, 0.1) is 0 Å². The molecule has 1 rings (SSSR count). The number of methoxy groups -OCH3 is 1. The second kappa shape index (κ2) is 6.63. The van der Waals surface area contributed by atoms with Gasteiger partial charge in [0.15, 0.2) is 11.5 Å². The molecule has 0 bridgehead atoms. The Morgan fingerprint density at radius 1 is 1.32 bits per heavy atom. The fourth-order valence-corrected chi connectivity index (χ4v) is 1.98. The number of benzene rings is 1. The molecule has 0 aliphatic heterocycles. The summed E-state index contributed by atoms with van der Waals surface area (Å²) in [7, 11) is -1.92. The van der Waals surface area contributed by atoms with E-state index in [4.69, 9.17) is 14.6 Å². The predicted octanol–water partition coefficient (Wildman–Crippen LogP) is 1.22. The zero-order valence-electron chi connectivity index (χ0n) is 11.2. The van der Waals surface area contributed by atoms with Gasteiger partial charge in [-0.2, -0.15) is 0 Å². The van der Waals surface area contributed by atoms with Gasteiger partial charge in [0.1, 0.15) is 6.61 Å². The molecule has 0 amide bonds. The molecule has 0 fully saturated rings. The molecule has 2 N–H and O–H groups in total. The molecule has 0 saturated heterocycles. The summed E-state index contributed by atoms with van der Waals surface area (Å²) < 4.78 is 36.3. The van der Waals surface area contributed by atoms with Crippen molar-refractivity contribution in [3.8, 4) is 11.5 Å². The van der Waals surface area contributed by atoms with Gasteiger partial charge in [0.2, 0.25) is 10.0 Å². The molecule has 0 atom stereocenters. The van der Waals surface area contributed by atoms with Crippen LogP contribution in [-0.4, -0.2) is 39.1 Å². The number of sulfonamides is 1. The second-order valence-electron chi connectivity index (χ2n) is 4.13. The molecule has 0 spiro atoms. The standard InChI is InChI=1S/C12H19NO5S/c1-9(2)19(15,16)13-10-4-5-11(17-3)12(8-10)18-7-6-14/h4-5,8-9,13-14H,6-7H2,1-3H3. The van der Waals surface area contributed by atoms with Gasteiger partial charge in [-0.1, -0.05) is 0 Å². The Kier molecular flexibility index (Phi) is 5.44. The summed E-state index contributed by atoms with van der Waals surface area (Å²) in [6.45, 7) is 3.16. The lowest BCUT2D eigenvalue weighted by Crippen LogP contribution is -2.22. The van der Waals surface area contributed by atoms with E-state index in [-0.39, 0.29) is 13.2 Å². The molecule has 108 valence electrons. The smallest absolute Gasteiger partial charge is 0.235 e. The van der Waals surface area contributed by atoms with Gasteiger partial charge in [0, 0.05) is 6.07 Å². The van der Waals surface area contributed by atoms with Crippen molar-refractivity contribution in [2.45, 2.75) is 19.1 Å². The lowest BCUT2D eigenvalue weighted by atomic mass is 10.3. The maximum Gasteiger partial charge on any atom is 0.235 e. The molecule has 6 nitrogen and oxygen atoms in total. The summed E-state index contributed by atoms with van der Waals surface area (Å²) >= 11 is 0. The molecule has 0 aliphatic carbocycles. The van der Waals surface area contributed by atoms with Crippen molar-refractivity contribution < 1.29 is 23.0 Å². The normalized spacial score (nSPS) is 11.4. The van der Waals surface area contributed by atoms with E-state index in [9.17, 15) is 8.42 Å². The zero-order valence-corrected chi connectivity index (χ0v) is 12.0.